The minimum atomic E-state index is -0.581. The second kappa shape index (κ2) is 12.5. The van der Waals surface area contributed by atoms with Crippen LogP contribution in [0.2, 0.25) is 5.15 Å². The molecule has 0 N–H and O–H groups in total. The molecule has 0 radical (unpaired) electrons. The number of carbonyl (C=O) groups excluding carboxylic acids is 1. The second-order valence-electron chi connectivity index (χ2n) is 7.41. The summed E-state index contributed by atoms with van der Waals surface area (Å²) in [4.78, 5) is 14.4. The Kier molecular flexibility index (Phi) is 9.46. The van der Waals surface area contributed by atoms with Crippen molar-refractivity contribution in [2.24, 2.45) is 0 Å². The van der Waals surface area contributed by atoms with Gasteiger partial charge in [0.1, 0.15) is 12.4 Å². The van der Waals surface area contributed by atoms with Gasteiger partial charge in [0, 0.05) is 32.7 Å². The molecule has 0 fully saturated rings. The zero-order valence-corrected chi connectivity index (χ0v) is 19.4. The molecule has 2 aromatic rings. The lowest BCUT2D eigenvalue weighted by Crippen LogP contribution is -2.32. The first kappa shape index (κ1) is 24.2. The van der Waals surface area contributed by atoms with Crippen LogP contribution >= 0.6 is 11.6 Å². The maximum Gasteiger partial charge on any atom is 0.335 e. The van der Waals surface area contributed by atoms with E-state index in [4.69, 9.17) is 25.8 Å². The molecule has 1 aliphatic heterocycles. The summed E-state index contributed by atoms with van der Waals surface area (Å²) >= 11 is 5.81. The third-order valence-electron chi connectivity index (χ3n) is 5.19. The molecule has 1 aromatic carbocycles. The van der Waals surface area contributed by atoms with Crippen LogP contribution in [0.5, 0.6) is 5.75 Å². The van der Waals surface area contributed by atoms with Crippen LogP contribution in [0.4, 0.5) is 0 Å². The van der Waals surface area contributed by atoms with Gasteiger partial charge in [-0.2, -0.15) is 0 Å². The lowest BCUT2D eigenvalue weighted by molar-refractivity contribution is -0.156. The molecule has 1 aromatic heterocycles. The normalized spacial score (nSPS) is 15.2. The van der Waals surface area contributed by atoms with Crippen molar-refractivity contribution in [3.05, 3.63) is 58.9 Å². The highest BCUT2D eigenvalue weighted by molar-refractivity contribution is 6.29. The van der Waals surface area contributed by atoms with Gasteiger partial charge in [-0.15, -0.1) is 10.2 Å². The maximum atomic E-state index is 12.0. The minimum Gasteiger partial charge on any atom is -0.492 e. The van der Waals surface area contributed by atoms with E-state index in [0.29, 0.717) is 31.4 Å². The quantitative estimate of drug-likeness (QED) is 0.473. The Morgan fingerprint density at radius 1 is 1.12 bits per heavy atom. The summed E-state index contributed by atoms with van der Waals surface area (Å²) in [7, 11) is 0. The number of esters is 1. The van der Waals surface area contributed by atoms with E-state index in [2.05, 4.69) is 21.2 Å². The van der Waals surface area contributed by atoms with E-state index < -0.39 is 6.10 Å². The summed E-state index contributed by atoms with van der Waals surface area (Å²) in [5.41, 5.74) is 3.10. The van der Waals surface area contributed by atoms with Crippen LogP contribution in [0.15, 0.2) is 42.5 Å². The zero-order valence-electron chi connectivity index (χ0n) is 18.6. The highest BCUT2D eigenvalue weighted by Crippen LogP contribution is 2.21. The first-order chi connectivity index (χ1) is 15.6. The summed E-state index contributed by atoms with van der Waals surface area (Å²) in [5.74, 6) is 0.485. The number of hydrogen-bond acceptors (Lipinski definition) is 7. The summed E-state index contributed by atoms with van der Waals surface area (Å²) in [5, 5.41) is 8.48. The molecule has 0 saturated heterocycles. The summed E-state index contributed by atoms with van der Waals surface area (Å²) in [6, 6.07) is 11.5. The Hall–Kier alpha value is -2.48. The van der Waals surface area contributed by atoms with Gasteiger partial charge >= 0.3 is 5.97 Å². The third kappa shape index (κ3) is 7.29. The van der Waals surface area contributed by atoms with Crippen molar-refractivity contribution < 1.29 is 19.0 Å². The number of aromatic nitrogens is 2. The summed E-state index contributed by atoms with van der Waals surface area (Å²) in [6.45, 7) is 7.72. The second-order valence-corrected chi connectivity index (χ2v) is 7.80. The molecular formula is C24H30ClN3O4. The van der Waals surface area contributed by atoms with Gasteiger partial charge in [-0.1, -0.05) is 29.8 Å². The van der Waals surface area contributed by atoms with Gasteiger partial charge in [0.15, 0.2) is 11.3 Å². The van der Waals surface area contributed by atoms with E-state index in [-0.39, 0.29) is 5.97 Å². The van der Waals surface area contributed by atoms with E-state index in [9.17, 15) is 4.79 Å². The van der Waals surface area contributed by atoms with Crippen molar-refractivity contribution in [2.75, 3.05) is 39.5 Å². The van der Waals surface area contributed by atoms with Crippen molar-refractivity contribution in [3.8, 4) is 5.75 Å². The fourth-order valence-electron chi connectivity index (χ4n) is 3.51. The molecule has 7 nitrogen and oxygen atoms in total. The monoisotopic (exact) mass is 459 g/mol. The van der Waals surface area contributed by atoms with Crippen LogP contribution < -0.4 is 4.74 Å². The molecule has 2 heterocycles. The Morgan fingerprint density at radius 3 is 2.56 bits per heavy atom. The van der Waals surface area contributed by atoms with Crippen LogP contribution in [-0.4, -0.2) is 66.6 Å². The molecule has 3 rings (SSSR count). The molecule has 1 atom stereocenters. The average Bonchev–Trinajstić information content (AvgIpc) is 2.81. The number of benzene rings is 1. The van der Waals surface area contributed by atoms with Crippen LogP contribution in [0, 0.1) is 0 Å². The summed E-state index contributed by atoms with van der Waals surface area (Å²) < 4.78 is 16.5. The van der Waals surface area contributed by atoms with Crippen LogP contribution in [0.3, 0.4) is 0 Å². The highest BCUT2D eigenvalue weighted by atomic mass is 35.5. The first-order valence-electron chi connectivity index (χ1n) is 11.0. The number of halogens is 1. The van der Waals surface area contributed by atoms with E-state index >= 15 is 0 Å². The molecule has 0 bridgehead atoms. The van der Waals surface area contributed by atoms with Crippen molar-refractivity contribution in [2.45, 2.75) is 32.8 Å². The number of carbonyl (C=O) groups is 1. The minimum absolute atomic E-state index is 0.323. The number of ether oxygens (including phenoxy) is 3. The van der Waals surface area contributed by atoms with Gasteiger partial charge in [-0.05, 0) is 55.7 Å². The lowest BCUT2D eigenvalue weighted by atomic mass is 10.0. The van der Waals surface area contributed by atoms with Crippen molar-refractivity contribution in [3.63, 3.8) is 0 Å². The first-order valence-corrected chi connectivity index (χ1v) is 11.4. The molecule has 32 heavy (non-hydrogen) atoms. The van der Waals surface area contributed by atoms with Crippen molar-refractivity contribution in [1.29, 1.82) is 0 Å². The Labute approximate surface area is 194 Å². The van der Waals surface area contributed by atoms with Gasteiger partial charge in [0.25, 0.3) is 0 Å². The molecular weight excluding hydrogens is 430 g/mol. The van der Waals surface area contributed by atoms with Gasteiger partial charge in [0.2, 0.25) is 0 Å². The molecule has 0 amide bonds. The van der Waals surface area contributed by atoms with Gasteiger partial charge in [-0.3, -0.25) is 4.90 Å². The van der Waals surface area contributed by atoms with Gasteiger partial charge in [-0.25, -0.2) is 4.79 Å². The van der Waals surface area contributed by atoms with E-state index in [1.54, 1.807) is 13.0 Å². The Bertz CT molecular complexity index is 887. The number of rotatable bonds is 11. The van der Waals surface area contributed by atoms with Crippen LogP contribution in [0.1, 0.15) is 31.5 Å². The Morgan fingerprint density at radius 2 is 1.94 bits per heavy atom. The molecule has 0 aliphatic carbocycles. The molecule has 1 aliphatic rings. The third-order valence-corrected chi connectivity index (χ3v) is 5.39. The van der Waals surface area contributed by atoms with Gasteiger partial charge < -0.3 is 14.2 Å². The zero-order chi connectivity index (χ0) is 22.8. The SMILES string of the molecule is CCOC(=O)C(Cc1ccc(OCCN2CC=C(c3ccc(Cl)nn3)CC2)cc1)OCC. The van der Waals surface area contributed by atoms with Crippen molar-refractivity contribution >= 4 is 23.1 Å². The fraction of sp³-hybridized carbons (Fsp3) is 0.458. The molecule has 1 unspecified atom stereocenters. The predicted molar refractivity (Wildman–Crippen MR) is 124 cm³/mol. The fourth-order valence-corrected chi connectivity index (χ4v) is 3.61. The smallest absolute Gasteiger partial charge is 0.335 e. The Balaban J connectivity index is 1.43. The standard InChI is InChI=1S/C24H30ClN3O4/c1-3-30-22(24(29)31-4-2)17-18-5-7-20(8-6-18)32-16-15-28-13-11-19(12-14-28)21-9-10-23(25)27-26-21/h5-11,22H,3-4,12-17H2,1-2H3. The lowest BCUT2D eigenvalue weighted by Gasteiger charge is -2.25. The topological polar surface area (TPSA) is 73.8 Å². The van der Waals surface area contributed by atoms with E-state index in [1.807, 2.05) is 37.3 Å². The van der Waals surface area contributed by atoms with Crippen LogP contribution in [0.25, 0.3) is 5.57 Å². The summed E-state index contributed by atoms with van der Waals surface area (Å²) in [6.07, 6.45) is 3.01. The number of hydrogen-bond donors (Lipinski definition) is 0. The molecule has 0 spiro atoms. The molecule has 8 heteroatoms. The average molecular weight is 460 g/mol. The van der Waals surface area contributed by atoms with Gasteiger partial charge in [0.05, 0.1) is 12.3 Å². The van der Waals surface area contributed by atoms with Crippen molar-refractivity contribution in [1.82, 2.24) is 15.1 Å². The van der Waals surface area contributed by atoms with E-state index in [0.717, 1.165) is 43.1 Å². The largest absolute Gasteiger partial charge is 0.492 e. The van der Waals surface area contributed by atoms with Crippen LogP contribution in [-0.2, 0) is 20.7 Å². The number of nitrogens with zero attached hydrogens (tertiary/aromatic N) is 3. The predicted octanol–water partition coefficient (Wildman–Crippen LogP) is 3.81. The van der Waals surface area contributed by atoms with E-state index in [1.165, 1.54) is 5.57 Å². The maximum absolute atomic E-state index is 12.0. The highest BCUT2D eigenvalue weighted by Gasteiger charge is 2.20. The molecule has 172 valence electrons. The molecule has 0 saturated carbocycles.